The Balaban J connectivity index is 1.65. The van der Waals surface area contributed by atoms with E-state index < -0.39 is 0 Å². The smallest absolute Gasteiger partial charge is 0.221 e. The topological polar surface area (TPSA) is 46.9 Å². The summed E-state index contributed by atoms with van der Waals surface area (Å²) in [6.07, 6.45) is 3.96. The first-order chi connectivity index (χ1) is 14.1. The number of para-hydroxylation sites is 1. The third-order valence-corrected chi connectivity index (χ3v) is 5.14. The number of carbonyl (C=O) groups excluding carboxylic acids is 1. The Morgan fingerprint density at radius 1 is 1.10 bits per heavy atom. The average Bonchev–Trinajstić information content (AvgIpc) is 3.08. The van der Waals surface area contributed by atoms with Crippen molar-refractivity contribution < 1.29 is 9.18 Å². The van der Waals surface area contributed by atoms with Crippen LogP contribution in [0, 0.1) is 5.82 Å². The van der Waals surface area contributed by atoms with Crippen LogP contribution in [-0.4, -0.2) is 15.5 Å². The number of benzene rings is 2. The fourth-order valence-corrected chi connectivity index (χ4v) is 3.73. The molecule has 0 bridgehead atoms. The van der Waals surface area contributed by atoms with E-state index in [4.69, 9.17) is 0 Å². The van der Waals surface area contributed by atoms with Crippen LogP contribution in [0.2, 0.25) is 0 Å². The van der Waals surface area contributed by atoms with Crippen LogP contribution >= 0.6 is 0 Å². The predicted octanol–water partition coefficient (Wildman–Crippen LogP) is 4.55. The summed E-state index contributed by atoms with van der Waals surface area (Å²) in [6.45, 7) is 0.366. The molecule has 29 heavy (non-hydrogen) atoms. The van der Waals surface area contributed by atoms with Crippen molar-refractivity contribution in [2.24, 2.45) is 7.05 Å². The minimum absolute atomic E-state index is 0.0992. The van der Waals surface area contributed by atoms with E-state index in [1.807, 2.05) is 66.3 Å². The summed E-state index contributed by atoms with van der Waals surface area (Å²) in [4.78, 5) is 17.0. The Bertz CT molecular complexity index is 1140. The van der Waals surface area contributed by atoms with E-state index in [0.717, 1.165) is 27.7 Å². The molecule has 0 saturated carbocycles. The van der Waals surface area contributed by atoms with Crippen molar-refractivity contribution in [1.82, 2.24) is 14.9 Å². The molecule has 1 unspecified atom stereocenters. The molecule has 0 aliphatic carbocycles. The summed E-state index contributed by atoms with van der Waals surface area (Å²) in [5, 5.41) is 4.01. The maximum absolute atomic E-state index is 14.0. The number of nitrogens with zero attached hydrogens (tertiary/aromatic N) is 2. The highest BCUT2D eigenvalue weighted by molar-refractivity contribution is 5.86. The molecule has 0 aliphatic rings. The molecule has 4 nitrogen and oxygen atoms in total. The molecule has 4 aromatic rings. The lowest BCUT2D eigenvalue weighted by atomic mass is 9.88. The first-order valence-corrected chi connectivity index (χ1v) is 9.58. The number of aromatic nitrogens is 2. The molecule has 2 heterocycles. The molecule has 1 amide bonds. The lowest BCUT2D eigenvalue weighted by Crippen LogP contribution is -2.25. The lowest BCUT2D eigenvalue weighted by Gasteiger charge is -2.17. The first kappa shape index (κ1) is 18.9. The van der Waals surface area contributed by atoms with Gasteiger partial charge in [-0.1, -0.05) is 36.4 Å². The van der Waals surface area contributed by atoms with E-state index in [0.29, 0.717) is 6.54 Å². The SMILES string of the molecule is Cn1cc(C(CC(=O)NCc2ccccn2)c2cccc(F)c2)c2ccccc21. The van der Waals surface area contributed by atoms with E-state index in [1.165, 1.54) is 12.1 Å². The van der Waals surface area contributed by atoms with Gasteiger partial charge in [0.15, 0.2) is 0 Å². The van der Waals surface area contributed by atoms with Gasteiger partial charge in [0, 0.05) is 42.7 Å². The Labute approximate surface area is 169 Å². The quantitative estimate of drug-likeness (QED) is 0.528. The molecule has 146 valence electrons. The highest BCUT2D eigenvalue weighted by atomic mass is 19.1. The van der Waals surface area contributed by atoms with Crippen molar-refractivity contribution in [3.05, 3.63) is 102 Å². The summed E-state index contributed by atoms with van der Waals surface area (Å²) < 4.78 is 16.0. The van der Waals surface area contributed by atoms with Crippen LogP contribution in [0.4, 0.5) is 4.39 Å². The predicted molar refractivity (Wildman–Crippen MR) is 112 cm³/mol. The Hall–Kier alpha value is -3.47. The Kier molecular flexibility index (Phi) is 5.38. The highest BCUT2D eigenvalue weighted by Gasteiger charge is 2.22. The second-order valence-electron chi connectivity index (χ2n) is 7.12. The summed E-state index contributed by atoms with van der Waals surface area (Å²) >= 11 is 0. The van der Waals surface area contributed by atoms with Crippen molar-refractivity contribution >= 4 is 16.8 Å². The third-order valence-electron chi connectivity index (χ3n) is 5.14. The third kappa shape index (κ3) is 4.19. The van der Waals surface area contributed by atoms with Gasteiger partial charge in [0.1, 0.15) is 5.82 Å². The van der Waals surface area contributed by atoms with E-state index in [1.54, 1.807) is 12.3 Å². The lowest BCUT2D eigenvalue weighted by molar-refractivity contribution is -0.121. The minimum Gasteiger partial charge on any atom is -0.350 e. The van der Waals surface area contributed by atoms with E-state index in [-0.39, 0.29) is 24.1 Å². The van der Waals surface area contributed by atoms with E-state index >= 15 is 0 Å². The highest BCUT2D eigenvalue weighted by Crippen LogP contribution is 2.34. The summed E-state index contributed by atoms with van der Waals surface area (Å²) in [7, 11) is 1.98. The average molecular weight is 387 g/mol. The summed E-state index contributed by atoms with van der Waals surface area (Å²) in [5.74, 6) is -0.653. The molecule has 4 rings (SSSR count). The number of carbonyl (C=O) groups is 1. The van der Waals surface area contributed by atoms with Gasteiger partial charge in [-0.15, -0.1) is 0 Å². The van der Waals surface area contributed by atoms with Crippen molar-refractivity contribution in [1.29, 1.82) is 0 Å². The normalized spacial score (nSPS) is 12.1. The number of halogens is 1. The van der Waals surface area contributed by atoms with Crippen molar-refractivity contribution in [3.8, 4) is 0 Å². The van der Waals surface area contributed by atoms with Crippen LogP contribution in [0.25, 0.3) is 10.9 Å². The van der Waals surface area contributed by atoms with Crippen LogP contribution in [0.5, 0.6) is 0 Å². The molecular formula is C24H22FN3O. The molecule has 0 saturated heterocycles. The number of hydrogen-bond acceptors (Lipinski definition) is 2. The molecule has 0 aliphatic heterocycles. The van der Waals surface area contributed by atoms with Gasteiger partial charge in [0.25, 0.3) is 0 Å². The van der Waals surface area contributed by atoms with Crippen LogP contribution in [0.3, 0.4) is 0 Å². The molecule has 2 aromatic carbocycles. The van der Waals surface area contributed by atoms with Crippen molar-refractivity contribution in [2.75, 3.05) is 0 Å². The van der Waals surface area contributed by atoms with Crippen LogP contribution < -0.4 is 5.32 Å². The first-order valence-electron chi connectivity index (χ1n) is 9.58. The number of fused-ring (bicyclic) bond motifs is 1. The van der Waals surface area contributed by atoms with Gasteiger partial charge in [0.05, 0.1) is 12.2 Å². The Morgan fingerprint density at radius 3 is 2.72 bits per heavy atom. The second kappa shape index (κ2) is 8.27. The van der Waals surface area contributed by atoms with E-state index in [2.05, 4.69) is 10.3 Å². The van der Waals surface area contributed by atoms with Crippen LogP contribution in [-0.2, 0) is 18.4 Å². The monoisotopic (exact) mass is 387 g/mol. The molecule has 1 atom stereocenters. The molecular weight excluding hydrogens is 365 g/mol. The standard InChI is InChI=1S/C24H22FN3O/c1-28-16-22(20-10-2-3-11-23(20)28)21(17-7-6-8-18(25)13-17)14-24(29)27-15-19-9-4-5-12-26-19/h2-13,16,21H,14-15H2,1H3,(H,27,29). The number of rotatable bonds is 6. The summed E-state index contributed by atoms with van der Waals surface area (Å²) in [5.41, 5.74) is 3.68. The number of amides is 1. The molecule has 5 heteroatoms. The number of hydrogen-bond donors (Lipinski definition) is 1. The van der Waals surface area contributed by atoms with Gasteiger partial charge in [-0.3, -0.25) is 9.78 Å². The fraction of sp³-hybridized carbons (Fsp3) is 0.167. The fourth-order valence-electron chi connectivity index (χ4n) is 3.73. The maximum Gasteiger partial charge on any atom is 0.221 e. The van der Waals surface area contributed by atoms with E-state index in [9.17, 15) is 9.18 Å². The molecule has 0 spiro atoms. The zero-order valence-electron chi connectivity index (χ0n) is 16.2. The molecule has 1 N–H and O–H groups in total. The Morgan fingerprint density at radius 2 is 1.93 bits per heavy atom. The molecule has 0 radical (unpaired) electrons. The van der Waals surface area contributed by atoms with Gasteiger partial charge in [0.2, 0.25) is 5.91 Å². The van der Waals surface area contributed by atoms with Gasteiger partial charge in [-0.05, 0) is 41.5 Å². The van der Waals surface area contributed by atoms with Gasteiger partial charge in [-0.25, -0.2) is 4.39 Å². The van der Waals surface area contributed by atoms with Crippen LogP contribution in [0.15, 0.2) is 79.1 Å². The molecule has 2 aromatic heterocycles. The molecule has 0 fully saturated rings. The van der Waals surface area contributed by atoms with Gasteiger partial charge >= 0.3 is 0 Å². The second-order valence-corrected chi connectivity index (χ2v) is 7.12. The van der Waals surface area contributed by atoms with Crippen molar-refractivity contribution in [3.63, 3.8) is 0 Å². The maximum atomic E-state index is 14.0. The van der Waals surface area contributed by atoms with Gasteiger partial charge < -0.3 is 9.88 Å². The van der Waals surface area contributed by atoms with Crippen molar-refractivity contribution in [2.45, 2.75) is 18.9 Å². The minimum atomic E-state index is -0.304. The zero-order valence-corrected chi connectivity index (χ0v) is 16.2. The van der Waals surface area contributed by atoms with Gasteiger partial charge in [-0.2, -0.15) is 0 Å². The largest absolute Gasteiger partial charge is 0.350 e. The number of pyridine rings is 1. The number of nitrogens with one attached hydrogen (secondary N) is 1. The number of aryl methyl sites for hydroxylation is 1. The van der Waals surface area contributed by atoms with Crippen LogP contribution in [0.1, 0.15) is 29.2 Å². The zero-order chi connectivity index (χ0) is 20.2. The summed E-state index contributed by atoms with van der Waals surface area (Å²) in [6, 6.07) is 20.2.